The molecule has 0 radical (unpaired) electrons. The molecule has 1 unspecified atom stereocenters. The zero-order chi connectivity index (χ0) is 37.8. The molecule has 268 valence electrons. The van der Waals surface area contributed by atoms with Crippen molar-refractivity contribution >= 4 is 78.7 Å². The van der Waals surface area contributed by atoms with Crippen LogP contribution < -0.4 is 31.8 Å². The van der Waals surface area contributed by atoms with E-state index in [-0.39, 0.29) is 5.41 Å². The minimum atomic E-state index is -3.29. The Labute approximate surface area is 322 Å². The molecule has 0 spiro atoms. The summed E-state index contributed by atoms with van der Waals surface area (Å²) < 4.78 is 33.2. The second-order valence-electron chi connectivity index (χ2n) is 15.3. The quantitative estimate of drug-likeness (QED) is 0.152. The lowest BCUT2D eigenvalue weighted by atomic mass is 9.86. The fraction of sp³-hybridized carbons (Fsp3) is 0.0800. The monoisotopic (exact) mass is 749 g/mol. The second-order valence-corrected chi connectivity index (χ2v) is 20.8. The van der Waals surface area contributed by atoms with Gasteiger partial charge < -0.3 is 13.7 Å². The molecule has 0 bridgehead atoms. The number of aromatic nitrogens is 1. The first-order chi connectivity index (χ1) is 26.7. The minimum Gasteiger partial charge on any atom is -0.309 e. The van der Waals surface area contributed by atoms with Gasteiger partial charge in [-0.3, -0.25) is 0 Å². The predicted molar refractivity (Wildman–Crippen MR) is 236 cm³/mol. The van der Waals surface area contributed by atoms with E-state index in [1.165, 1.54) is 5.56 Å². The number of fused-ring (bicyclic) bond motifs is 4. The van der Waals surface area contributed by atoms with Gasteiger partial charge in [0.15, 0.2) is 14.3 Å². The first kappa shape index (κ1) is 35.0. The van der Waals surface area contributed by atoms with Gasteiger partial charge in [0, 0.05) is 48.3 Å². The Balaban J connectivity index is 1.19. The number of hydrogen-bond acceptors (Lipinski definition) is 2. The molecular weight excluding hydrogens is 709 g/mol. The molecule has 0 amide bonds. The predicted octanol–water partition coefficient (Wildman–Crippen LogP) is 10.5. The van der Waals surface area contributed by atoms with Crippen LogP contribution in [0.5, 0.6) is 0 Å². The zero-order valence-corrected chi connectivity index (χ0v) is 32.9. The molecule has 1 aromatic heterocycles. The smallest absolute Gasteiger partial charge is 0.171 e. The Hall–Kier alpha value is -5.72. The highest BCUT2D eigenvalue weighted by Crippen LogP contribution is 2.46. The van der Waals surface area contributed by atoms with E-state index in [4.69, 9.17) is 0 Å². The SMILES string of the molecule is CC(C)(C)c1ccc2cc(P(=O)(c3ccccc3)c3ccc4c(c3)c3ccccc3n4-c3ccc(P(=O)(c4ccccc4)c4ccccc4)cc3)ccc2c1. The van der Waals surface area contributed by atoms with E-state index >= 15 is 9.13 Å². The van der Waals surface area contributed by atoms with Crippen molar-refractivity contribution in [2.75, 3.05) is 0 Å². The topological polar surface area (TPSA) is 39.1 Å². The Morgan fingerprint density at radius 2 is 0.818 bits per heavy atom. The Kier molecular flexibility index (Phi) is 8.62. The van der Waals surface area contributed by atoms with E-state index in [0.29, 0.717) is 0 Å². The van der Waals surface area contributed by atoms with Crippen molar-refractivity contribution in [2.45, 2.75) is 26.2 Å². The van der Waals surface area contributed by atoms with E-state index in [1.54, 1.807) is 0 Å². The average molecular weight is 750 g/mol. The summed E-state index contributed by atoms with van der Waals surface area (Å²) in [5, 5.41) is 9.14. The van der Waals surface area contributed by atoms with Gasteiger partial charge in [-0.2, -0.15) is 0 Å². The van der Waals surface area contributed by atoms with E-state index in [9.17, 15) is 0 Å². The maximum Gasteiger partial charge on any atom is 0.171 e. The van der Waals surface area contributed by atoms with E-state index in [2.05, 4.69) is 110 Å². The zero-order valence-electron chi connectivity index (χ0n) is 31.1. The summed E-state index contributed by atoms with van der Waals surface area (Å²) in [4.78, 5) is 0. The minimum absolute atomic E-state index is 0.0369. The van der Waals surface area contributed by atoms with Crippen LogP contribution in [0, 0.1) is 0 Å². The molecule has 55 heavy (non-hydrogen) atoms. The van der Waals surface area contributed by atoms with Gasteiger partial charge >= 0.3 is 0 Å². The molecule has 9 rings (SSSR count). The van der Waals surface area contributed by atoms with Crippen LogP contribution in [0.1, 0.15) is 26.3 Å². The third kappa shape index (κ3) is 5.91. The lowest BCUT2D eigenvalue weighted by Crippen LogP contribution is -2.25. The van der Waals surface area contributed by atoms with Crippen LogP contribution in [0.15, 0.2) is 194 Å². The van der Waals surface area contributed by atoms with E-state index < -0.39 is 14.3 Å². The third-order valence-corrected chi connectivity index (χ3v) is 17.0. The van der Waals surface area contributed by atoms with Gasteiger partial charge in [-0.1, -0.05) is 160 Å². The summed E-state index contributed by atoms with van der Waals surface area (Å²) in [6, 6.07) is 65.2. The lowest BCUT2D eigenvalue weighted by molar-refractivity contribution is 0.591. The Morgan fingerprint density at radius 1 is 0.382 bits per heavy atom. The molecular formula is C50H41NO2P2. The van der Waals surface area contributed by atoms with Crippen LogP contribution >= 0.6 is 14.3 Å². The highest BCUT2D eigenvalue weighted by molar-refractivity contribution is 7.85. The molecule has 0 aliphatic rings. The van der Waals surface area contributed by atoms with Crippen LogP contribution in [0.2, 0.25) is 0 Å². The molecule has 8 aromatic carbocycles. The molecule has 0 aliphatic heterocycles. The highest BCUT2D eigenvalue weighted by atomic mass is 31.2. The molecule has 9 aromatic rings. The van der Waals surface area contributed by atoms with E-state index in [1.807, 2.05) is 109 Å². The summed E-state index contributed by atoms with van der Waals surface area (Å²) in [5.41, 5.74) is 4.34. The first-order valence-corrected chi connectivity index (χ1v) is 22.1. The average Bonchev–Trinajstić information content (AvgIpc) is 3.57. The largest absolute Gasteiger partial charge is 0.309 e. The lowest BCUT2D eigenvalue weighted by Gasteiger charge is -2.22. The van der Waals surface area contributed by atoms with Gasteiger partial charge in [-0.05, 0) is 76.3 Å². The Morgan fingerprint density at radius 3 is 1.42 bits per heavy atom. The van der Waals surface area contributed by atoms with Crippen molar-refractivity contribution in [1.82, 2.24) is 4.57 Å². The Bertz CT molecular complexity index is 2900. The van der Waals surface area contributed by atoms with Crippen molar-refractivity contribution in [3.63, 3.8) is 0 Å². The fourth-order valence-corrected chi connectivity index (χ4v) is 13.3. The molecule has 0 aliphatic carbocycles. The molecule has 1 atom stereocenters. The number of benzene rings is 8. The number of rotatable bonds is 7. The second kappa shape index (κ2) is 13.5. The molecule has 5 heteroatoms. The summed E-state index contributed by atoms with van der Waals surface area (Å²) >= 11 is 0. The summed E-state index contributed by atoms with van der Waals surface area (Å²) in [7, 11) is -6.41. The summed E-state index contributed by atoms with van der Waals surface area (Å²) in [6.45, 7) is 6.68. The third-order valence-electron chi connectivity index (χ3n) is 10.9. The molecule has 0 saturated heterocycles. The normalized spacial score (nSPS) is 13.3. The van der Waals surface area contributed by atoms with Crippen molar-refractivity contribution in [1.29, 1.82) is 0 Å². The van der Waals surface area contributed by atoms with Crippen LogP contribution in [0.3, 0.4) is 0 Å². The molecule has 0 fully saturated rings. The van der Waals surface area contributed by atoms with Crippen molar-refractivity contribution in [3.05, 3.63) is 200 Å². The number of para-hydroxylation sites is 1. The van der Waals surface area contributed by atoms with Crippen molar-refractivity contribution in [3.8, 4) is 5.69 Å². The molecule has 0 N–H and O–H groups in total. The molecule has 0 saturated carbocycles. The number of hydrogen-bond donors (Lipinski definition) is 0. The molecule has 3 nitrogen and oxygen atoms in total. The van der Waals surface area contributed by atoms with Crippen LogP contribution in [0.25, 0.3) is 38.3 Å². The van der Waals surface area contributed by atoms with Gasteiger partial charge in [0.1, 0.15) is 0 Å². The summed E-state index contributed by atoms with van der Waals surface area (Å²) in [6.07, 6.45) is 0. The van der Waals surface area contributed by atoms with Crippen LogP contribution in [0.4, 0.5) is 0 Å². The maximum absolute atomic E-state index is 15.9. The molecule has 1 heterocycles. The summed E-state index contributed by atoms with van der Waals surface area (Å²) in [5.74, 6) is 0. The van der Waals surface area contributed by atoms with Gasteiger partial charge in [0.25, 0.3) is 0 Å². The number of nitrogens with zero attached hydrogens (tertiary/aromatic N) is 1. The maximum atomic E-state index is 15.9. The van der Waals surface area contributed by atoms with Crippen molar-refractivity contribution < 1.29 is 9.13 Å². The highest BCUT2D eigenvalue weighted by Gasteiger charge is 2.32. The first-order valence-electron chi connectivity index (χ1n) is 18.7. The standard InChI is InChI=1S/C50H41NO2P2/c1-50(2,3)38-25-23-37-34-44(28-24-36(37)33-38)55(53,42-19-11-6-12-20-42)45-31-32-49-47(35-45)46-21-13-14-22-48(46)51(49)39-26-29-43(30-27-39)54(52,40-15-7-4-8-16-40)41-17-9-5-10-18-41/h4-35H,1-3H3. The van der Waals surface area contributed by atoms with Crippen LogP contribution in [-0.2, 0) is 14.5 Å². The van der Waals surface area contributed by atoms with Crippen LogP contribution in [-0.4, -0.2) is 4.57 Å². The van der Waals surface area contributed by atoms with Crippen molar-refractivity contribution in [2.24, 2.45) is 0 Å². The van der Waals surface area contributed by atoms with Gasteiger partial charge in [0.2, 0.25) is 0 Å². The van der Waals surface area contributed by atoms with E-state index in [0.717, 1.165) is 70.1 Å². The van der Waals surface area contributed by atoms with Gasteiger partial charge in [-0.25, -0.2) is 0 Å². The fourth-order valence-electron chi connectivity index (χ4n) is 7.95. The van der Waals surface area contributed by atoms with Gasteiger partial charge in [-0.15, -0.1) is 0 Å². The van der Waals surface area contributed by atoms with Gasteiger partial charge in [0.05, 0.1) is 11.0 Å².